The van der Waals surface area contributed by atoms with Crippen LogP contribution in [0.15, 0.2) is 35.4 Å². The summed E-state index contributed by atoms with van der Waals surface area (Å²) in [6.07, 6.45) is 2.17. The van der Waals surface area contributed by atoms with E-state index < -0.39 is 28.8 Å². The average Bonchev–Trinajstić information content (AvgIpc) is 2.62. The Labute approximate surface area is 163 Å². The fourth-order valence-electron chi connectivity index (χ4n) is 2.83. The predicted octanol–water partition coefficient (Wildman–Crippen LogP) is 3.44. The van der Waals surface area contributed by atoms with Crippen LogP contribution < -0.4 is 10.3 Å². The van der Waals surface area contributed by atoms with Gasteiger partial charge in [0.15, 0.2) is 17.4 Å². The lowest BCUT2D eigenvalue weighted by Gasteiger charge is -2.16. The highest BCUT2D eigenvalue weighted by Crippen LogP contribution is 2.22. The zero-order valence-electron chi connectivity index (χ0n) is 15.8. The third-order valence-corrected chi connectivity index (χ3v) is 4.18. The lowest BCUT2D eigenvalue weighted by atomic mass is 10.1. The number of ether oxygens (including phenoxy) is 1. The highest BCUT2D eigenvalue weighted by Gasteiger charge is 2.20. The van der Waals surface area contributed by atoms with Gasteiger partial charge in [-0.15, -0.1) is 0 Å². The number of pyridine rings is 3. The molecule has 3 heterocycles. The summed E-state index contributed by atoms with van der Waals surface area (Å²) in [6, 6.07) is 3.23. The maximum atomic E-state index is 14.8. The van der Waals surface area contributed by atoms with Gasteiger partial charge in [-0.25, -0.2) is 18.2 Å². The molecule has 0 atom stereocenters. The number of carbonyl (C=O) groups is 1. The molecule has 3 rings (SSSR count). The van der Waals surface area contributed by atoms with Gasteiger partial charge >= 0.3 is 0 Å². The van der Waals surface area contributed by atoms with E-state index in [4.69, 9.17) is 4.74 Å². The fraction of sp³-hybridized carbons (Fsp3) is 0.200. The van der Waals surface area contributed by atoms with Crippen molar-refractivity contribution in [2.45, 2.75) is 27.4 Å². The molecule has 29 heavy (non-hydrogen) atoms. The normalized spacial score (nSPS) is 10.8. The highest BCUT2D eigenvalue weighted by atomic mass is 19.1. The van der Waals surface area contributed by atoms with Crippen molar-refractivity contribution < 1.29 is 22.7 Å². The van der Waals surface area contributed by atoms with E-state index in [0.29, 0.717) is 17.3 Å². The second-order valence-electron chi connectivity index (χ2n) is 6.39. The molecular weight excluding hydrogens is 387 g/mol. The van der Waals surface area contributed by atoms with Crippen LogP contribution in [-0.4, -0.2) is 20.3 Å². The van der Waals surface area contributed by atoms with E-state index in [1.54, 1.807) is 13.8 Å². The standard InChI is InChI=1S/C20H16F3N3O3/c1-10-7-25-19(12(3)27)18(23)20(10)26-11(2)4-14(6-17(26)28)29-9-16-15(22)5-13(21)8-24-16/h4-8H,9H2,1-3H3. The molecule has 6 nitrogen and oxygen atoms in total. The Morgan fingerprint density at radius 3 is 2.45 bits per heavy atom. The summed E-state index contributed by atoms with van der Waals surface area (Å²) >= 11 is 0. The second-order valence-corrected chi connectivity index (χ2v) is 6.39. The average molecular weight is 403 g/mol. The van der Waals surface area contributed by atoms with Gasteiger partial charge in [0, 0.05) is 37.0 Å². The van der Waals surface area contributed by atoms with Crippen molar-refractivity contribution in [3.05, 3.63) is 81.0 Å². The third-order valence-electron chi connectivity index (χ3n) is 4.18. The van der Waals surface area contributed by atoms with Gasteiger partial charge in [-0.05, 0) is 19.4 Å². The molecule has 0 aliphatic heterocycles. The zero-order chi connectivity index (χ0) is 21.3. The van der Waals surface area contributed by atoms with E-state index in [0.717, 1.165) is 16.8 Å². The molecule has 0 radical (unpaired) electrons. The van der Waals surface area contributed by atoms with Crippen LogP contribution in [-0.2, 0) is 6.61 Å². The molecule has 9 heteroatoms. The van der Waals surface area contributed by atoms with E-state index in [1.165, 1.54) is 19.2 Å². The first-order valence-electron chi connectivity index (χ1n) is 8.52. The van der Waals surface area contributed by atoms with E-state index >= 15 is 0 Å². The van der Waals surface area contributed by atoms with Crippen LogP contribution in [0.4, 0.5) is 13.2 Å². The van der Waals surface area contributed by atoms with E-state index in [-0.39, 0.29) is 29.4 Å². The summed E-state index contributed by atoms with van der Waals surface area (Å²) in [5.74, 6) is -3.05. The molecule has 0 amide bonds. The minimum absolute atomic E-state index is 0.0782. The number of halogens is 3. The molecule has 0 N–H and O–H groups in total. The summed E-state index contributed by atoms with van der Waals surface area (Å²) < 4.78 is 47.9. The zero-order valence-corrected chi connectivity index (χ0v) is 15.8. The summed E-state index contributed by atoms with van der Waals surface area (Å²) in [4.78, 5) is 31.6. The quantitative estimate of drug-likeness (QED) is 0.610. The van der Waals surface area contributed by atoms with Gasteiger partial charge in [0.25, 0.3) is 5.56 Å². The van der Waals surface area contributed by atoms with Crippen molar-refractivity contribution in [2.75, 3.05) is 0 Å². The van der Waals surface area contributed by atoms with Gasteiger partial charge in [0.2, 0.25) is 0 Å². The minimum Gasteiger partial charge on any atom is -0.487 e. The van der Waals surface area contributed by atoms with Crippen LogP contribution in [0.2, 0.25) is 0 Å². The van der Waals surface area contributed by atoms with E-state index in [9.17, 15) is 22.8 Å². The molecule has 0 aliphatic rings. The first-order valence-corrected chi connectivity index (χ1v) is 8.52. The minimum atomic E-state index is -0.894. The first kappa shape index (κ1) is 20.2. The van der Waals surface area contributed by atoms with Crippen LogP contribution in [0.3, 0.4) is 0 Å². The molecule has 3 aromatic heterocycles. The molecule has 0 aromatic carbocycles. The number of hydrogen-bond acceptors (Lipinski definition) is 5. The van der Waals surface area contributed by atoms with Crippen molar-refractivity contribution in [3.8, 4) is 11.4 Å². The van der Waals surface area contributed by atoms with Gasteiger partial charge in [0.1, 0.15) is 29.6 Å². The number of rotatable bonds is 5. The molecule has 0 aliphatic carbocycles. The Morgan fingerprint density at radius 1 is 1.10 bits per heavy atom. The Kier molecular flexibility index (Phi) is 5.49. The van der Waals surface area contributed by atoms with Crippen LogP contribution in [0.25, 0.3) is 5.69 Å². The molecule has 0 saturated heterocycles. The predicted molar refractivity (Wildman–Crippen MR) is 97.8 cm³/mol. The van der Waals surface area contributed by atoms with Gasteiger partial charge in [-0.2, -0.15) is 0 Å². The van der Waals surface area contributed by atoms with Crippen molar-refractivity contribution in [2.24, 2.45) is 0 Å². The molecule has 0 unspecified atom stereocenters. The van der Waals surface area contributed by atoms with Crippen LogP contribution in [0, 0.1) is 31.3 Å². The van der Waals surface area contributed by atoms with Crippen molar-refractivity contribution in [1.29, 1.82) is 0 Å². The topological polar surface area (TPSA) is 74.1 Å². The van der Waals surface area contributed by atoms with Crippen LogP contribution in [0.5, 0.6) is 5.75 Å². The van der Waals surface area contributed by atoms with Crippen molar-refractivity contribution in [1.82, 2.24) is 14.5 Å². The summed E-state index contributed by atoms with van der Waals surface area (Å²) in [5, 5.41) is 0. The maximum Gasteiger partial charge on any atom is 0.259 e. The maximum absolute atomic E-state index is 14.8. The monoisotopic (exact) mass is 403 g/mol. The number of carbonyl (C=O) groups excluding carboxylic acids is 1. The molecule has 0 fully saturated rings. The van der Waals surface area contributed by atoms with Crippen molar-refractivity contribution >= 4 is 5.78 Å². The Hall–Kier alpha value is -3.49. The third kappa shape index (κ3) is 4.03. The molecule has 0 saturated carbocycles. The van der Waals surface area contributed by atoms with E-state index in [1.807, 2.05) is 0 Å². The summed E-state index contributed by atoms with van der Waals surface area (Å²) in [7, 11) is 0. The van der Waals surface area contributed by atoms with Crippen LogP contribution >= 0.6 is 0 Å². The molecular formula is C20H16F3N3O3. The lowest BCUT2D eigenvalue weighted by Crippen LogP contribution is -2.23. The smallest absolute Gasteiger partial charge is 0.259 e. The second kappa shape index (κ2) is 7.86. The number of nitrogens with zero attached hydrogens (tertiary/aromatic N) is 3. The van der Waals surface area contributed by atoms with Gasteiger partial charge in [-0.1, -0.05) is 0 Å². The molecule has 150 valence electrons. The molecule has 3 aromatic rings. The number of aryl methyl sites for hydroxylation is 2. The number of ketones is 1. The number of hydrogen-bond donors (Lipinski definition) is 0. The van der Waals surface area contributed by atoms with E-state index in [2.05, 4.69) is 9.97 Å². The molecule has 0 spiro atoms. The lowest BCUT2D eigenvalue weighted by molar-refractivity contribution is 0.100. The van der Waals surface area contributed by atoms with Gasteiger partial charge < -0.3 is 4.74 Å². The highest BCUT2D eigenvalue weighted by molar-refractivity contribution is 5.93. The van der Waals surface area contributed by atoms with Crippen molar-refractivity contribution in [3.63, 3.8) is 0 Å². The Balaban J connectivity index is 1.98. The summed E-state index contributed by atoms with van der Waals surface area (Å²) in [6.45, 7) is 3.97. The SMILES string of the molecule is CC(=O)c1ncc(C)c(-n2c(C)cc(OCc3ncc(F)cc3F)cc2=O)c1F. The number of Topliss-reactive ketones (excluding diaryl/α,β-unsaturated/α-hetero) is 1. The fourth-order valence-corrected chi connectivity index (χ4v) is 2.83. The Morgan fingerprint density at radius 2 is 1.83 bits per heavy atom. The Bertz CT molecular complexity index is 1180. The van der Waals surface area contributed by atoms with Gasteiger partial charge in [-0.3, -0.25) is 19.1 Å². The largest absolute Gasteiger partial charge is 0.487 e. The number of aromatic nitrogens is 3. The summed E-state index contributed by atoms with van der Waals surface area (Å²) in [5.41, 5.74) is -0.502. The van der Waals surface area contributed by atoms with Crippen LogP contribution in [0.1, 0.15) is 34.4 Å². The van der Waals surface area contributed by atoms with Gasteiger partial charge in [0.05, 0.1) is 11.9 Å². The first-order chi connectivity index (χ1) is 13.7. The molecule has 0 bridgehead atoms.